The maximum Gasteiger partial charge on any atom is 0.258 e. The third-order valence-electron chi connectivity index (χ3n) is 2.63. The second-order valence-electron chi connectivity index (χ2n) is 5.74. The summed E-state index contributed by atoms with van der Waals surface area (Å²) in [6.07, 6.45) is 1.64. The summed E-state index contributed by atoms with van der Waals surface area (Å²) in [5, 5.41) is 6.10. The number of hydrogen-bond donors (Lipinski definition) is 2. The van der Waals surface area contributed by atoms with Crippen molar-refractivity contribution in [1.82, 2.24) is 10.6 Å². The van der Waals surface area contributed by atoms with Gasteiger partial charge in [-0.2, -0.15) is 0 Å². The number of carbonyl (C=O) groups excluding carboxylic acids is 1. The summed E-state index contributed by atoms with van der Waals surface area (Å²) in [4.78, 5) is 11.6. The molecule has 5 heteroatoms. The lowest BCUT2D eigenvalue weighted by Gasteiger charge is -2.21. The molecule has 0 radical (unpaired) electrons. The minimum Gasteiger partial charge on any atom is -0.483 e. The number of benzene rings is 1. The van der Waals surface area contributed by atoms with Crippen molar-refractivity contribution >= 4 is 21.8 Å². The summed E-state index contributed by atoms with van der Waals surface area (Å²) in [6, 6.07) is 5.76. The SMILES string of the molecule is C=CCNC(=O)COc1ccc(Br)cc1CNC(C)(C)C. The zero-order valence-electron chi connectivity index (χ0n) is 12.8. The zero-order valence-corrected chi connectivity index (χ0v) is 14.4. The molecule has 0 atom stereocenters. The molecule has 1 rings (SSSR count). The number of carbonyl (C=O) groups is 1. The van der Waals surface area contributed by atoms with Crippen molar-refractivity contribution in [3.63, 3.8) is 0 Å². The van der Waals surface area contributed by atoms with Crippen LogP contribution in [0.15, 0.2) is 35.3 Å². The molecular formula is C16H23BrN2O2. The van der Waals surface area contributed by atoms with Crippen molar-refractivity contribution in [2.24, 2.45) is 0 Å². The topological polar surface area (TPSA) is 50.4 Å². The van der Waals surface area contributed by atoms with E-state index >= 15 is 0 Å². The van der Waals surface area contributed by atoms with Gasteiger partial charge in [-0.25, -0.2) is 0 Å². The minimum absolute atomic E-state index is 0.00199. The zero-order chi connectivity index (χ0) is 15.9. The molecule has 0 saturated heterocycles. The molecule has 0 fully saturated rings. The number of halogens is 1. The molecule has 116 valence electrons. The Labute approximate surface area is 135 Å². The van der Waals surface area contributed by atoms with Gasteiger partial charge in [0.1, 0.15) is 5.75 Å². The molecule has 0 aromatic heterocycles. The molecule has 1 aromatic carbocycles. The standard InChI is InChI=1S/C16H23BrN2O2/c1-5-8-18-15(20)11-21-14-7-6-13(17)9-12(14)10-19-16(2,3)4/h5-7,9,19H,1,8,10-11H2,2-4H3,(H,18,20). The Morgan fingerprint density at radius 1 is 1.43 bits per heavy atom. The molecule has 1 amide bonds. The van der Waals surface area contributed by atoms with Gasteiger partial charge in [-0.3, -0.25) is 4.79 Å². The molecule has 1 aromatic rings. The minimum atomic E-state index is -0.160. The van der Waals surface area contributed by atoms with Crippen molar-refractivity contribution < 1.29 is 9.53 Å². The van der Waals surface area contributed by atoms with Crippen LogP contribution >= 0.6 is 15.9 Å². The number of amides is 1. The maximum atomic E-state index is 11.6. The van der Waals surface area contributed by atoms with Gasteiger partial charge in [0.2, 0.25) is 0 Å². The molecule has 0 spiro atoms. The van der Waals surface area contributed by atoms with Crippen molar-refractivity contribution in [2.45, 2.75) is 32.9 Å². The molecule has 0 aliphatic heterocycles. The van der Waals surface area contributed by atoms with Crippen LogP contribution in [-0.2, 0) is 11.3 Å². The quantitative estimate of drug-likeness (QED) is 0.740. The van der Waals surface area contributed by atoms with E-state index < -0.39 is 0 Å². The van der Waals surface area contributed by atoms with Gasteiger partial charge in [-0.05, 0) is 39.0 Å². The molecule has 4 nitrogen and oxygen atoms in total. The van der Waals surface area contributed by atoms with Crippen LogP contribution in [0.5, 0.6) is 5.75 Å². The lowest BCUT2D eigenvalue weighted by atomic mass is 10.1. The molecule has 2 N–H and O–H groups in total. The van der Waals surface area contributed by atoms with Crippen LogP contribution in [0.1, 0.15) is 26.3 Å². The van der Waals surface area contributed by atoms with E-state index in [2.05, 4.69) is 53.9 Å². The van der Waals surface area contributed by atoms with Crippen LogP contribution < -0.4 is 15.4 Å². The van der Waals surface area contributed by atoms with E-state index in [0.717, 1.165) is 10.0 Å². The Bertz CT molecular complexity index is 496. The van der Waals surface area contributed by atoms with Gasteiger partial charge in [0.15, 0.2) is 6.61 Å². The molecule has 0 bridgehead atoms. The summed E-state index contributed by atoms with van der Waals surface area (Å²) in [5.41, 5.74) is 1.02. The van der Waals surface area contributed by atoms with E-state index in [1.807, 2.05) is 18.2 Å². The highest BCUT2D eigenvalue weighted by atomic mass is 79.9. The number of rotatable bonds is 7. The first-order valence-corrected chi connectivity index (χ1v) is 7.65. The number of hydrogen-bond acceptors (Lipinski definition) is 3. The van der Waals surface area contributed by atoms with Gasteiger partial charge in [-0.1, -0.05) is 22.0 Å². The van der Waals surface area contributed by atoms with Crippen LogP contribution in [-0.4, -0.2) is 24.6 Å². The summed E-state index contributed by atoms with van der Waals surface area (Å²) < 4.78 is 6.59. The van der Waals surface area contributed by atoms with Crippen LogP contribution in [0.3, 0.4) is 0 Å². The van der Waals surface area contributed by atoms with Gasteiger partial charge in [-0.15, -0.1) is 6.58 Å². The normalized spacial score (nSPS) is 11.0. The highest BCUT2D eigenvalue weighted by molar-refractivity contribution is 9.10. The highest BCUT2D eigenvalue weighted by Gasteiger charge is 2.12. The van der Waals surface area contributed by atoms with Crippen molar-refractivity contribution in [3.8, 4) is 5.75 Å². The van der Waals surface area contributed by atoms with E-state index in [-0.39, 0.29) is 18.1 Å². The van der Waals surface area contributed by atoms with Crippen LogP contribution in [0.4, 0.5) is 0 Å². The second-order valence-corrected chi connectivity index (χ2v) is 6.65. The Balaban J connectivity index is 2.68. The lowest BCUT2D eigenvalue weighted by Crippen LogP contribution is -2.35. The first kappa shape index (κ1) is 17.7. The monoisotopic (exact) mass is 354 g/mol. The molecule has 21 heavy (non-hydrogen) atoms. The van der Waals surface area contributed by atoms with E-state index in [0.29, 0.717) is 18.8 Å². The summed E-state index contributed by atoms with van der Waals surface area (Å²) >= 11 is 3.46. The largest absolute Gasteiger partial charge is 0.483 e. The van der Waals surface area contributed by atoms with Crippen molar-refractivity contribution in [1.29, 1.82) is 0 Å². The molecular weight excluding hydrogens is 332 g/mol. The molecule has 0 aliphatic carbocycles. The van der Waals surface area contributed by atoms with Gasteiger partial charge < -0.3 is 15.4 Å². The van der Waals surface area contributed by atoms with E-state index in [1.54, 1.807) is 6.08 Å². The first-order chi connectivity index (χ1) is 9.81. The average Bonchev–Trinajstić information content (AvgIpc) is 2.41. The average molecular weight is 355 g/mol. The number of nitrogens with one attached hydrogen (secondary N) is 2. The van der Waals surface area contributed by atoms with Crippen molar-refractivity contribution in [2.75, 3.05) is 13.2 Å². The van der Waals surface area contributed by atoms with Crippen LogP contribution in [0.25, 0.3) is 0 Å². The van der Waals surface area contributed by atoms with E-state index in [4.69, 9.17) is 4.74 Å². The highest BCUT2D eigenvalue weighted by Crippen LogP contribution is 2.23. The third-order valence-corrected chi connectivity index (χ3v) is 3.13. The Morgan fingerprint density at radius 2 is 2.14 bits per heavy atom. The van der Waals surface area contributed by atoms with Crippen molar-refractivity contribution in [3.05, 3.63) is 40.9 Å². The Kier molecular flexibility index (Phi) is 6.92. The predicted octanol–water partition coefficient (Wildman–Crippen LogP) is 3.02. The fourth-order valence-corrected chi connectivity index (χ4v) is 1.98. The number of ether oxygens (including phenoxy) is 1. The van der Waals surface area contributed by atoms with Crippen LogP contribution in [0, 0.1) is 0 Å². The third kappa shape index (κ3) is 7.29. The Hall–Kier alpha value is -1.33. The van der Waals surface area contributed by atoms with E-state index in [9.17, 15) is 4.79 Å². The molecule has 0 aliphatic rings. The fraction of sp³-hybridized carbons (Fsp3) is 0.438. The summed E-state index contributed by atoms with van der Waals surface area (Å²) in [6.45, 7) is 11.0. The van der Waals surface area contributed by atoms with E-state index in [1.165, 1.54) is 0 Å². The van der Waals surface area contributed by atoms with Crippen LogP contribution in [0.2, 0.25) is 0 Å². The first-order valence-electron chi connectivity index (χ1n) is 6.85. The molecule has 0 heterocycles. The van der Waals surface area contributed by atoms with Gasteiger partial charge in [0, 0.05) is 28.7 Å². The molecule has 0 unspecified atom stereocenters. The summed E-state index contributed by atoms with van der Waals surface area (Å²) in [5.74, 6) is 0.552. The smallest absolute Gasteiger partial charge is 0.258 e. The predicted molar refractivity (Wildman–Crippen MR) is 89.4 cm³/mol. The summed E-state index contributed by atoms with van der Waals surface area (Å²) in [7, 11) is 0. The van der Waals surface area contributed by atoms with Gasteiger partial charge >= 0.3 is 0 Å². The fourth-order valence-electron chi connectivity index (χ4n) is 1.57. The Morgan fingerprint density at radius 3 is 2.76 bits per heavy atom. The lowest BCUT2D eigenvalue weighted by molar-refractivity contribution is -0.122. The maximum absolute atomic E-state index is 11.6. The van der Waals surface area contributed by atoms with Gasteiger partial charge in [0.05, 0.1) is 0 Å². The van der Waals surface area contributed by atoms with Gasteiger partial charge in [0.25, 0.3) is 5.91 Å². The second kappa shape index (κ2) is 8.20. The molecule has 0 saturated carbocycles.